The van der Waals surface area contributed by atoms with Gasteiger partial charge in [0, 0.05) is 6.04 Å². The number of hydrogen-bond donors (Lipinski definition) is 2. The molecule has 0 aromatic heterocycles. The molecule has 1 aromatic carbocycles. The van der Waals surface area contributed by atoms with E-state index in [4.69, 9.17) is 0 Å². The van der Waals surface area contributed by atoms with Gasteiger partial charge >= 0.3 is 0 Å². The lowest BCUT2D eigenvalue weighted by Crippen LogP contribution is -2.30. The Morgan fingerprint density at radius 2 is 1.74 bits per heavy atom. The van der Waals surface area contributed by atoms with Crippen molar-refractivity contribution in [3.05, 3.63) is 29.8 Å². The molecule has 4 nitrogen and oxygen atoms in total. The highest BCUT2D eigenvalue weighted by Crippen LogP contribution is 2.26. The second kappa shape index (κ2) is 6.03. The molecule has 1 heterocycles. The van der Waals surface area contributed by atoms with Crippen LogP contribution in [0.2, 0.25) is 0 Å². The summed E-state index contributed by atoms with van der Waals surface area (Å²) in [5.74, 6) is 0.552. The van der Waals surface area contributed by atoms with Crippen LogP contribution in [0.25, 0.3) is 0 Å². The highest BCUT2D eigenvalue weighted by molar-refractivity contribution is 7.89. The van der Waals surface area contributed by atoms with Crippen LogP contribution in [0.4, 0.5) is 0 Å². The van der Waals surface area contributed by atoms with Crippen molar-refractivity contribution in [2.45, 2.75) is 43.5 Å². The fourth-order valence-corrected chi connectivity index (χ4v) is 3.70. The topological polar surface area (TPSA) is 58.2 Å². The fraction of sp³-hybridized carbons (Fsp3) is 0.571. The van der Waals surface area contributed by atoms with Crippen molar-refractivity contribution < 1.29 is 8.42 Å². The molecule has 2 N–H and O–H groups in total. The Morgan fingerprint density at radius 1 is 1.16 bits per heavy atom. The average Bonchev–Trinajstić information content (AvgIpc) is 2.38. The molecule has 0 saturated carbocycles. The van der Waals surface area contributed by atoms with E-state index >= 15 is 0 Å². The van der Waals surface area contributed by atoms with Gasteiger partial charge in [-0.2, -0.15) is 0 Å². The van der Waals surface area contributed by atoms with E-state index in [1.54, 1.807) is 12.1 Å². The Bertz CT molecular complexity index is 503. The van der Waals surface area contributed by atoms with Crippen molar-refractivity contribution in [2.24, 2.45) is 0 Å². The van der Waals surface area contributed by atoms with Gasteiger partial charge in [0.1, 0.15) is 0 Å². The summed E-state index contributed by atoms with van der Waals surface area (Å²) in [5.41, 5.74) is 1.24. The average molecular weight is 282 g/mol. The summed E-state index contributed by atoms with van der Waals surface area (Å²) >= 11 is 0. The standard InChI is InChI=1S/C14H22N2O2S/c1-11(2)16-19(17,18)14-5-3-12(4-6-14)13-7-9-15-10-8-13/h3-6,11,13,15-16H,7-10H2,1-2H3. The van der Waals surface area contributed by atoms with Crippen LogP contribution in [0.5, 0.6) is 0 Å². The van der Waals surface area contributed by atoms with E-state index in [1.807, 2.05) is 26.0 Å². The lowest BCUT2D eigenvalue weighted by atomic mass is 9.90. The van der Waals surface area contributed by atoms with Gasteiger partial charge in [0.15, 0.2) is 0 Å². The van der Waals surface area contributed by atoms with E-state index < -0.39 is 10.0 Å². The third-order valence-electron chi connectivity index (χ3n) is 3.39. The Labute approximate surface area is 115 Å². The van der Waals surface area contributed by atoms with Gasteiger partial charge in [-0.3, -0.25) is 0 Å². The van der Waals surface area contributed by atoms with E-state index in [9.17, 15) is 8.42 Å². The minimum atomic E-state index is -3.37. The zero-order valence-electron chi connectivity index (χ0n) is 11.5. The summed E-state index contributed by atoms with van der Waals surface area (Å²) < 4.78 is 26.6. The summed E-state index contributed by atoms with van der Waals surface area (Å²) in [4.78, 5) is 0.346. The Hall–Kier alpha value is -0.910. The van der Waals surface area contributed by atoms with Gasteiger partial charge in [-0.05, 0) is 63.4 Å². The van der Waals surface area contributed by atoms with E-state index in [0.29, 0.717) is 10.8 Å². The molecule has 0 amide bonds. The molecule has 0 bridgehead atoms. The molecule has 1 aliphatic heterocycles. The second-order valence-corrected chi connectivity index (χ2v) is 7.08. The molecule has 0 radical (unpaired) electrons. The van der Waals surface area contributed by atoms with Gasteiger partial charge in [0.25, 0.3) is 0 Å². The van der Waals surface area contributed by atoms with Crippen LogP contribution < -0.4 is 10.0 Å². The van der Waals surface area contributed by atoms with E-state index in [2.05, 4.69) is 10.0 Å². The van der Waals surface area contributed by atoms with Gasteiger partial charge in [-0.25, -0.2) is 13.1 Å². The normalized spacial score (nSPS) is 17.8. The number of rotatable bonds is 4. The molecule has 1 fully saturated rings. The monoisotopic (exact) mass is 282 g/mol. The molecular formula is C14H22N2O2S. The number of hydrogen-bond acceptors (Lipinski definition) is 3. The van der Waals surface area contributed by atoms with Gasteiger partial charge in [0.2, 0.25) is 10.0 Å². The smallest absolute Gasteiger partial charge is 0.240 e. The number of sulfonamides is 1. The number of nitrogens with one attached hydrogen (secondary N) is 2. The molecule has 2 rings (SSSR count). The molecule has 1 aliphatic rings. The predicted octanol–water partition coefficient (Wildman–Crippen LogP) is 1.84. The SMILES string of the molecule is CC(C)NS(=O)(=O)c1ccc(C2CCNCC2)cc1. The second-order valence-electron chi connectivity index (χ2n) is 5.37. The third-order valence-corrected chi connectivity index (χ3v) is 5.07. The van der Waals surface area contributed by atoms with Crippen LogP contribution in [-0.2, 0) is 10.0 Å². The predicted molar refractivity (Wildman–Crippen MR) is 76.7 cm³/mol. The van der Waals surface area contributed by atoms with Gasteiger partial charge in [-0.15, -0.1) is 0 Å². The molecule has 0 atom stereocenters. The minimum Gasteiger partial charge on any atom is -0.317 e. The van der Waals surface area contributed by atoms with Crippen LogP contribution in [0.3, 0.4) is 0 Å². The molecule has 0 unspecified atom stereocenters. The minimum absolute atomic E-state index is 0.0888. The van der Waals surface area contributed by atoms with Crippen LogP contribution in [0.1, 0.15) is 38.2 Å². The first kappa shape index (κ1) is 14.5. The summed E-state index contributed by atoms with van der Waals surface area (Å²) in [6.07, 6.45) is 2.24. The molecule has 5 heteroatoms. The van der Waals surface area contributed by atoms with Gasteiger partial charge in [-0.1, -0.05) is 12.1 Å². The summed E-state index contributed by atoms with van der Waals surface area (Å²) in [6, 6.07) is 7.23. The zero-order chi connectivity index (χ0) is 13.9. The van der Waals surface area contributed by atoms with Crippen molar-refractivity contribution in [2.75, 3.05) is 13.1 Å². The van der Waals surface area contributed by atoms with Gasteiger partial charge in [0.05, 0.1) is 4.90 Å². The highest BCUT2D eigenvalue weighted by atomic mass is 32.2. The van der Waals surface area contributed by atoms with Crippen LogP contribution >= 0.6 is 0 Å². The van der Waals surface area contributed by atoms with E-state index in [0.717, 1.165) is 25.9 Å². The Morgan fingerprint density at radius 3 is 2.26 bits per heavy atom. The van der Waals surface area contributed by atoms with Crippen LogP contribution in [0.15, 0.2) is 29.2 Å². The van der Waals surface area contributed by atoms with E-state index in [1.165, 1.54) is 5.56 Å². The zero-order valence-corrected chi connectivity index (χ0v) is 12.3. The lowest BCUT2D eigenvalue weighted by molar-refractivity contribution is 0.460. The van der Waals surface area contributed by atoms with Crippen molar-refractivity contribution >= 4 is 10.0 Å². The Balaban J connectivity index is 2.13. The third kappa shape index (κ3) is 3.78. The molecule has 106 valence electrons. The molecule has 1 saturated heterocycles. The first-order valence-corrected chi connectivity index (χ1v) is 8.30. The van der Waals surface area contributed by atoms with Crippen molar-refractivity contribution in [3.63, 3.8) is 0 Å². The summed E-state index contributed by atoms with van der Waals surface area (Å²) in [6.45, 7) is 5.72. The number of piperidine rings is 1. The lowest BCUT2D eigenvalue weighted by Gasteiger charge is -2.23. The maximum absolute atomic E-state index is 12.0. The Kier molecular flexibility index (Phi) is 4.60. The van der Waals surface area contributed by atoms with Crippen molar-refractivity contribution in [1.82, 2.24) is 10.0 Å². The maximum Gasteiger partial charge on any atom is 0.240 e. The molecular weight excluding hydrogens is 260 g/mol. The first-order valence-electron chi connectivity index (χ1n) is 6.82. The highest BCUT2D eigenvalue weighted by Gasteiger charge is 2.18. The summed E-state index contributed by atoms with van der Waals surface area (Å²) in [5, 5.41) is 3.34. The largest absolute Gasteiger partial charge is 0.317 e. The number of benzene rings is 1. The van der Waals surface area contributed by atoms with Crippen LogP contribution in [-0.4, -0.2) is 27.5 Å². The fourth-order valence-electron chi connectivity index (χ4n) is 2.45. The molecule has 1 aromatic rings. The van der Waals surface area contributed by atoms with E-state index in [-0.39, 0.29) is 6.04 Å². The molecule has 19 heavy (non-hydrogen) atoms. The van der Waals surface area contributed by atoms with Gasteiger partial charge < -0.3 is 5.32 Å². The first-order chi connectivity index (χ1) is 8.99. The van der Waals surface area contributed by atoms with Crippen molar-refractivity contribution in [3.8, 4) is 0 Å². The maximum atomic E-state index is 12.0. The molecule has 0 aliphatic carbocycles. The molecule has 0 spiro atoms. The van der Waals surface area contributed by atoms with Crippen molar-refractivity contribution in [1.29, 1.82) is 0 Å². The summed E-state index contributed by atoms with van der Waals surface area (Å²) in [7, 11) is -3.37. The van der Waals surface area contributed by atoms with Crippen LogP contribution in [0, 0.1) is 0 Å². The quantitative estimate of drug-likeness (QED) is 0.886.